The number of piperidine rings is 1. The van der Waals surface area contributed by atoms with E-state index in [0.29, 0.717) is 25.6 Å². The number of aromatic nitrogens is 1. The van der Waals surface area contributed by atoms with Gasteiger partial charge in [0.25, 0.3) is 0 Å². The third-order valence-corrected chi connectivity index (χ3v) is 5.93. The molecule has 3 aromatic rings. The zero-order chi connectivity index (χ0) is 22.2. The lowest BCUT2D eigenvalue weighted by molar-refractivity contribution is -0.126. The van der Waals surface area contributed by atoms with Crippen molar-refractivity contribution >= 4 is 22.4 Å². The summed E-state index contributed by atoms with van der Waals surface area (Å²) in [5, 5.41) is 8.99. The van der Waals surface area contributed by atoms with Crippen LogP contribution in [0.2, 0.25) is 0 Å². The first-order valence-electron chi connectivity index (χ1n) is 11.5. The van der Waals surface area contributed by atoms with Crippen LogP contribution in [0.5, 0.6) is 5.88 Å². The molecule has 1 aliphatic rings. The normalized spacial score (nSPS) is 16.6. The van der Waals surface area contributed by atoms with Crippen molar-refractivity contribution in [2.45, 2.75) is 26.3 Å². The van der Waals surface area contributed by atoms with Crippen molar-refractivity contribution in [2.75, 3.05) is 38.1 Å². The maximum atomic E-state index is 12.8. The van der Waals surface area contributed by atoms with Gasteiger partial charge in [-0.1, -0.05) is 42.5 Å². The molecule has 1 fully saturated rings. The van der Waals surface area contributed by atoms with Crippen molar-refractivity contribution in [2.24, 2.45) is 5.92 Å². The largest absolute Gasteiger partial charge is 0.478 e. The van der Waals surface area contributed by atoms with Gasteiger partial charge in [-0.2, -0.15) is 0 Å². The number of nitrogens with one attached hydrogen (secondary N) is 2. The van der Waals surface area contributed by atoms with Crippen LogP contribution in [-0.2, 0) is 11.3 Å². The second-order valence-corrected chi connectivity index (χ2v) is 8.22. The summed E-state index contributed by atoms with van der Waals surface area (Å²) in [6.07, 6.45) is 3.72. The number of rotatable bonds is 9. The van der Waals surface area contributed by atoms with Crippen molar-refractivity contribution < 1.29 is 9.53 Å². The molecule has 0 aliphatic carbocycles. The van der Waals surface area contributed by atoms with E-state index >= 15 is 0 Å². The molecule has 32 heavy (non-hydrogen) atoms. The maximum Gasteiger partial charge on any atom is 0.224 e. The van der Waals surface area contributed by atoms with E-state index in [4.69, 9.17) is 4.74 Å². The molecule has 0 bridgehead atoms. The molecule has 6 nitrogen and oxygen atoms in total. The number of likely N-dealkylation sites (tertiary alicyclic amines) is 1. The van der Waals surface area contributed by atoms with Gasteiger partial charge in [0.05, 0.1) is 12.5 Å². The molecule has 1 atom stereocenters. The molecule has 168 valence electrons. The van der Waals surface area contributed by atoms with Gasteiger partial charge in [0.1, 0.15) is 0 Å². The molecule has 1 aromatic heterocycles. The van der Waals surface area contributed by atoms with Crippen molar-refractivity contribution in [1.82, 2.24) is 15.2 Å². The highest BCUT2D eigenvalue weighted by Crippen LogP contribution is 2.23. The minimum Gasteiger partial charge on any atom is -0.478 e. The number of nitrogens with zero attached hydrogens (tertiary/aromatic N) is 2. The third-order valence-electron chi connectivity index (χ3n) is 5.93. The molecule has 6 heteroatoms. The fourth-order valence-corrected chi connectivity index (χ4v) is 4.37. The van der Waals surface area contributed by atoms with Crippen molar-refractivity contribution in [3.8, 4) is 5.88 Å². The van der Waals surface area contributed by atoms with Gasteiger partial charge in [-0.3, -0.25) is 9.69 Å². The minimum absolute atomic E-state index is 0.0218. The first kappa shape index (κ1) is 22.1. The van der Waals surface area contributed by atoms with E-state index in [-0.39, 0.29) is 11.8 Å². The van der Waals surface area contributed by atoms with Gasteiger partial charge in [0.2, 0.25) is 11.8 Å². The van der Waals surface area contributed by atoms with Crippen LogP contribution in [0.4, 0.5) is 5.69 Å². The average molecular weight is 433 g/mol. The van der Waals surface area contributed by atoms with Crippen LogP contribution in [0.1, 0.15) is 25.3 Å². The first-order valence-corrected chi connectivity index (χ1v) is 11.5. The number of anilines is 1. The number of pyridine rings is 1. The summed E-state index contributed by atoms with van der Waals surface area (Å²) in [7, 11) is 0. The van der Waals surface area contributed by atoms with Crippen LogP contribution in [0.15, 0.2) is 60.8 Å². The highest BCUT2D eigenvalue weighted by molar-refractivity contribution is 5.93. The van der Waals surface area contributed by atoms with Gasteiger partial charge in [-0.25, -0.2) is 4.98 Å². The highest BCUT2D eigenvalue weighted by Gasteiger charge is 2.26. The Bertz CT molecular complexity index is 1030. The fraction of sp³-hybridized carbons (Fsp3) is 0.385. The summed E-state index contributed by atoms with van der Waals surface area (Å²) < 4.78 is 5.66. The fourth-order valence-electron chi connectivity index (χ4n) is 4.37. The highest BCUT2D eigenvalue weighted by atomic mass is 16.5. The van der Waals surface area contributed by atoms with E-state index in [9.17, 15) is 4.79 Å². The monoisotopic (exact) mass is 432 g/mol. The molecule has 1 unspecified atom stereocenters. The lowest BCUT2D eigenvalue weighted by Crippen LogP contribution is -2.43. The molecule has 2 aromatic carbocycles. The minimum atomic E-state index is 0.0218. The van der Waals surface area contributed by atoms with Crippen molar-refractivity contribution in [1.29, 1.82) is 0 Å². The zero-order valence-electron chi connectivity index (χ0n) is 18.7. The quantitative estimate of drug-likeness (QED) is 0.499. The summed E-state index contributed by atoms with van der Waals surface area (Å²) >= 11 is 0. The Labute approximate surface area is 190 Å². The number of carbonyl (C=O) groups is 1. The number of carbonyl (C=O) groups excluding carboxylic acids is 1. The molecular formula is C26H32N4O2. The van der Waals surface area contributed by atoms with E-state index in [1.165, 1.54) is 10.8 Å². The SMILES string of the molecule is CCOc1ncccc1CN1CCCC(C(=O)NCCNc2cccc3ccccc23)C1. The molecular weight excluding hydrogens is 400 g/mol. The third kappa shape index (κ3) is 5.56. The van der Waals surface area contributed by atoms with E-state index in [1.54, 1.807) is 6.20 Å². The number of fused-ring (bicyclic) bond motifs is 1. The number of hydrogen-bond acceptors (Lipinski definition) is 5. The lowest BCUT2D eigenvalue weighted by Gasteiger charge is -2.32. The van der Waals surface area contributed by atoms with Crippen LogP contribution in [0.25, 0.3) is 10.8 Å². The van der Waals surface area contributed by atoms with Gasteiger partial charge >= 0.3 is 0 Å². The van der Waals surface area contributed by atoms with Gasteiger partial charge in [0, 0.05) is 49.0 Å². The summed E-state index contributed by atoms with van der Waals surface area (Å²) in [4.78, 5) is 19.5. The van der Waals surface area contributed by atoms with Crippen molar-refractivity contribution in [3.63, 3.8) is 0 Å². The smallest absolute Gasteiger partial charge is 0.224 e. The predicted octanol–water partition coefficient (Wildman–Crippen LogP) is 4.07. The van der Waals surface area contributed by atoms with E-state index in [1.807, 2.05) is 25.1 Å². The molecule has 0 spiro atoms. The van der Waals surface area contributed by atoms with Crippen LogP contribution >= 0.6 is 0 Å². The number of hydrogen-bond donors (Lipinski definition) is 2. The molecule has 2 N–H and O–H groups in total. The molecule has 0 saturated carbocycles. The Morgan fingerprint density at radius 2 is 2.00 bits per heavy atom. The predicted molar refractivity (Wildman–Crippen MR) is 129 cm³/mol. The summed E-state index contributed by atoms with van der Waals surface area (Å²) in [5.74, 6) is 0.861. The maximum absolute atomic E-state index is 12.8. The van der Waals surface area contributed by atoms with Crippen LogP contribution < -0.4 is 15.4 Å². The van der Waals surface area contributed by atoms with Crippen molar-refractivity contribution in [3.05, 3.63) is 66.4 Å². The van der Waals surface area contributed by atoms with Crippen LogP contribution in [0, 0.1) is 5.92 Å². The Hall–Kier alpha value is -3.12. The second-order valence-electron chi connectivity index (χ2n) is 8.22. The van der Waals surface area contributed by atoms with E-state index in [2.05, 4.69) is 56.9 Å². The van der Waals surface area contributed by atoms with Gasteiger partial charge in [-0.15, -0.1) is 0 Å². The van der Waals surface area contributed by atoms with E-state index in [0.717, 1.165) is 43.7 Å². The topological polar surface area (TPSA) is 66.5 Å². The number of amides is 1. The Morgan fingerprint density at radius 1 is 1.12 bits per heavy atom. The number of benzene rings is 2. The average Bonchev–Trinajstić information content (AvgIpc) is 2.83. The summed E-state index contributed by atoms with van der Waals surface area (Å²) in [6, 6.07) is 18.6. The molecule has 2 heterocycles. The number of ether oxygens (including phenoxy) is 1. The molecule has 0 radical (unpaired) electrons. The summed E-state index contributed by atoms with van der Waals surface area (Å²) in [6.45, 7) is 6.39. The Kier molecular flexibility index (Phi) is 7.56. The Morgan fingerprint density at radius 3 is 2.91 bits per heavy atom. The molecule has 1 saturated heterocycles. The van der Waals surface area contributed by atoms with Gasteiger partial charge < -0.3 is 15.4 Å². The summed E-state index contributed by atoms with van der Waals surface area (Å²) in [5.41, 5.74) is 2.18. The van der Waals surface area contributed by atoms with E-state index < -0.39 is 0 Å². The van der Waals surface area contributed by atoms with Crippen LogP contribution in [0.3, 0.4) is 0 Å². The lowest BCUT2D eigenvalue weighted by atomic mass is 9.96. The van der Waals surface area contributed by atoms with Gasteiger partial charge in [0.15, 0.2) is 0 Å². The second kappa shape index (κ2) is 11.0. The standard InChI is InChI=1S/C26H32N4O2/c1-2-32-26-22(10-6-14-29-26)19-30-17-7-11-21(18-30)25(31)28-16-15-27-24-13-5-9-20-8-3-4-12-23(20)24/h3-6,8-10,12-14,21,27H,2,7,11,15-19H2,1H3,(H,28,31). The molecule has 1 amide bonds. The Balaban J connectivity index is 1.25. The molecule has 1 aliphatic heterocycles. The zero-order valence-corrected chi connectivity index (χ0v) is 18.7. The van der Waals surface area contributed by atoms with Gasteiger partial charge in [-0.05, 0) is 43.8 Å². The van der Waals surface area contributed by atoms with Crippen LogP contribution in [-0.4, -0.2) is 48.6 Å². The first-order chi connectivity index (χ1) is 15.7. The molecule has 4 rings (SSSR count).